The zero-order valence-electron chi connectivity index (χ0n) is 13.9. The van der Waals surface area contributed by atoms with Crippen molar-refractivity contribution in [3.8, 4) is 0 Å². The highest BCUT2D eigenvalue weighted by Gasteiger charge is 2.11. The van der Waals surface area contributed by atoms with E-state index in [9.17, 15) is 4.79 Å². The molecule has 8 heteroatoms. The van der Waals surface area contributed by atoms with Gasteiger partial charge in [-0.2, -0.15) is 0 Å². The highest BCUT2D eigenvalue weighted by Crippen LogP contribution is 2.19. The number of nitrogens with zero attached hydrogens (tertiary/aromatic N) is 5. The number of thioether (sulfide) groups is 1. The number of likely N-dealkylation sites (N-methyl/N-ethyl adjacent to an activating group) is 1. The average molecular weight is 334 g/mol. The monoisotopic (exact) mass is 334 g/mol. The topological polar surface area (TPSA) is 75.9 Å². The number of nitrogens with one attached hydrogen (secondary N) is 1. The molecule has 2 rings (SSSR count). The molecule has 0 atom stereocenters. The SMILES string of the molecule is Cc1cccc(NC(=O)CSc2nnnn2CCN(C)C)c1C. The van der Waals surface area contributed by atoms with Gasteiger partial charge in [0.05, 0.1) is 12.3 Å². The highest BCUT2D eigenvalue weighted by atomic mass is 32.2. The molecule has 0 bridgehead atoms. The second-order valence-electron chi connectivity index (χ2n) is 5.57. The second-order valence-corrected chi connectivity index (χ2v) is 6.51. The van der Waals surface area contributed by atoms with Crippen molar-refractivity contribution in [2.24, 2.45) is 0 Å². The molecule has 1 amide bonds. The van der Waals surface area contributed by atoms with Gasteiger partial charge in [0, 0.05) is 12.2 Å². The molecule has 124 valence electrons. The molecular weight excluding hydrogens is 312 g/mol. The highest BCUT2D eigenvalue weighted by molar-refractivity contribution is 7.99. The van der Waals surface area contributed by atoms with Crippen LogP contribution in [-0.2, 0) is 11.3 Å². The lowest BCUT2D eigenvalue weighted by Crippen LogP contribution is -2.20. The maximum absolute atomic E-state index is 12.1. The molecule has 7 nitrogen and oxygen atoms in total. The van der Waals surface area contributed by atoms with Gasteiger partial charge in [0.25, 0.3) is 0 Å². The van der Waals surface area contributed by atoms with Crippen molar-refractivity contribution in [1.82, 2.24) is 25.1 Å². The molecule has 0 aliphatic heterocycles. The van der Waals surface area contributed by atoms with Crippen LogP contribution in [0.15, 0.2) is 23.4 Å². The lowest BCUT2D eigenvalue weighted by Gasteiger charge is -2.11. The Balaban J connectivity index is 1.90. The van der Waals surface area contributed by atoms with Crippen molar-refractivity contribution < 1.29 is 4.79 Å². The fourth-order valence-corrected chi connectivity index (χ4v) is 2.64. The van der Waals surface area contributed by atoms with Crippen LogP contribution in [0.3, 0.4) is 0 Å². The molecule has 0 spiro atoms. The molecule has 0 aliphatic carbocycles. The predicted octanol–water partition coefficient (Wildman–Crippen LogP) is 1.58. The molecule has 0 fully saturated rings. The third-order valence-corrected chi connectivity index (χ3v) is 4.43. The van der Waals surface area contributed by atoms with Crippen molar-refractivity contribution in [2.45, 2.75) is 25.5 Å². The summed E-state index contributed by atoms with van der Waals surface area (Å²) in [7, 11) is 3.99. The lowest BCUT2D eigenvalue weighted by atomic mass is 10.1. The van der Waals surface area contributed by atoms with E-state index in [0.29, 0.717) is 11.7 Å². The van der Waals surface area contributed by atoms with Crippen LogP contribution in [-0.4, -0.2) is 57.4 Å². The van der Waals surface area contributed by atoms with Crippen LogP contribution < -0.4 is 5.32 Å². The van der Waals surface area contributed by atoms with Gasteiger partial charge in [0.1, 0.15) is 0 Å². The Kier molecular flexibility index (Phi) is 6.12. The quantitative estimate of drug-likeness (QED) is 0.775. The molecule has 0 aliphatic rings. The van der Waals surface area contributed by atoms with Crippen LogP contribution in [0.1, 0.15) is 11.1 Å². The van der Waals surface area contributed by atoms with Crippen LogP contribution >= 0.6 is 11.8 Å². The zero-order chi connectivity index (χ0) is 16.8. The molecule has 1 heterocycles. The Morgan fingerprint density at radius 1 is 1.35 bits per heavy atom. The first-order valence-corrected chi connectivity index (χ1v) is 8.35. The first kappa shape index (κ1) is 17.4. The lowest BCUT2D eigenvalue weighted by molar-refractivity contribution is -0.113. The summed E-state index contributed by atoms with van der Waals surface area (Å²) in [5.41, 5.74) is 3.09. The van der Waals surface area contributed by atoms with E-state index in [-0.39, 0.29) is 11.7 Å². The number of hydrogen-bond donors (Lipinski definition) is 1. The van der Waals surface area contributed by atoms with Gasteiger partial charge in [-0.05, 0) is 55.6 Å². The summed E-state index contributed by atoms with van der Waals surface area (Å²) in [6.45, 7) is 5.56. The van der Waals surface area contributed by atoms with E-state index in [1.165, 1.54) is 11.8 Å². The van der Waals surface area contributed by atoms with E-state index >= 15 is 0 Å². The number of rotatable bonds is 7. The number of tetrazole rings is 1. The van der Waals surface area contributed by atoms with E-state index in [0.717, 1.165) is 23.4 Å². The summed E-state index contributed by atoms with van der Waals surface area (Å²) in [6, 6.07) is 5.87. The van der Waals surface area contributed by atoms with Crippen LogP contribution in [0, 0.1) is 13.8 Å². The number of benzene rings is 1. The molecule has 23 heavy (non-hydrogen) atoms. The number of amides is 1. The number of carbonyl (C=O) groups is 1. The Morgan fingerprint density at radius 2 is 2.13 bits per heavy atom. The Morgan fingerprint density at radius 3 is 2.87 bits per heavy atom. The van der Waals surface area contributed by atoms with Crippen molar-refractivity contribution in [2.75, 3.05) is 31.7 Å². The Hall–Kier alpha value is -1.93. The summed E-state index contributed by atoms with van der Waals surface area (Å²) in [5.74, 6) is 0.210. The van der Waals surface area contributed by atoms with Gasteiger partial charge >= 0.3 is 0 Å². The van der Waals surface area contributed by atoms with Gasteiger partial charge in [-0.25, -0.2) is 4.68 Å². The van der Waals surface area contributed by atoms with Crippen molar-refractivity contribution in [3.05, 3.63) is 29.3 Å². The van der Waals surface area contributed by atoms with E-state index in [1.54, 1.807) is 4.68 Å². The smallest absolute Gasteiger partial charge is 0.234 e. The zero-order valence-corrected chi connectivity index (χ0v) is 14.7. The first-order chi connectivity index (χ1) is 11.0. The van der Waals surface area contributed by atoms with Crippen molar-refractivity contribution >= 4 is 23.4 Å². The summed E-state index contributed by atoms with van der Waals surface area (Å²) in [4.78, 5) is 14.2. The molecule has 0 saturated heterocycles. The molecule has 1 aromatic heterocycles. The van der Waals surface area contributed by atoms with Crippen molar-refractivity contribution in [1.29, 1.82) is 0 Å². The van der Waals surface area contributed by atoms with E-state index in [4.69, 9.17) is 0 Å². The van der Waals surface area contributed by atoms with Crippen molar-refractivity contribution in [3.63, 3.8) is 0 Å². The molecular formula is C15H22N6OS. The van der Waals surface area contributed by atoms with Crippen LogP contribution in [0.5, 0.6) is 0 Å². The predicted molar refractivity (Wildman–Crippen MR) is 91.6 cm³/mol. The van der Waals surface area contributed by atoms with Gasteiger partial charge < -0.3 is 10.2 Å². The van der Waals surface area contributed by atoms with Gasteiger partial charge in [-0.3, -0.25) is 4.79 Å². The summed E-state index contributed by atoms with van der Waals surface area (Å²) >= 11 is 1.34. The normalized spacial score (nSPS) is 11.0. The second kappa shape index (κ2) is 8.07. The fraction of sp³-hybridized carbons (Fsp3) is 0.467. The minimum absolute atomic E-state index is 0.0640. The first-order valence-electron chi connectivity index (χ1n) is 7.37. The maximum Gasteiger partial charge on any atom is 0.234 e. The fourth-order valence-electron chi connectivity index (χ4n) is 1.94. The minimum atomic E-state index is -0.0640. The van der Waals surface area contributed by atoms with E-state index < -0.39 is 0 Å². The number of aromatic nitrogens is 4. The Labute approximate surface area is 140 Å². The van der Waals surface area contributed by atoms with Crippen LogP contribution in [0.2, 0.25) is 0 Å². The Bertz CT molecular complexity index is 670. The number of aryl methyl sites for hydroxylation is 1. The summed E-state index contributed by atoms with van der Waals surface area (Å²) in [6.07, 6.45) is 0. The average Bonchev–Trinajstić information content (AvgIpc) is 2.95. The standard InChI is InChI=1S/C15H22N6OS/c1-11-6-5-7-13(12(11)2)16-14(22)10-23-15-17-18-19-21(15)9-8-20(3)4/h5-7H,8-10H2,1-4H3,(H,16,22). The summed E-state index contributed by atoms with van der Waals surface area (Å²) < 4.78 is 1.72. The molecule has 0 unspecified atom stereocenters. The van der Waals surface area contributed by atoms with Gasteiger partial charge in [0.15, 0.2) is 0 Å². The maximum atomic E-state index is 12.1. The largest absolute Gasteiger partial charge is 0.325 e. The van der Waals surface area contributed by atoms with E-state index in [1.807, 2.05) is 46.1 Å². The molecule has 0 radical (unpaired) electrons. The minimum Gasteiger partial charge on any atom is -0.325 e. The van der Waals surface area contributed by atoms with Gasteiger partial charge in [-0.15, -0.1) is 5.10 Å². The molecule has 1 aromatic carbocycles. The molecule has 1 N–H and O–H groups in total. The molecule has 2 aromatic rings. The van der Waals surface area contributed by atoms with Crippen LogP contribution in [0.25, 0.3) is 0 Å². The third kappa shape index (κ3) is 5.04. The number of carbonyl (C=O) groups excluding carboxylic acids is 1. The third-order valence-electron chi connectivity index (χ3n) is 3.47. The van der Waals surface area contributed by atoms with Gasteiger partial charge in [0.2, 0.25) is 11.1 Å². The number of hydrogen-bond acceptors (Lipinski definition) is 6. The number of anilines is 1. The summed E-state index contributed by atoms with van der Waals surface area (Å²) in [5, 5.41) is 15.2. The molecule has 0 saturated carbocycles. The van der Waals surface area contributed by atoms with E-state index in [2.05, 4.69) is 25.7 Å². The van der Waals surface area contributed by atoms with Gasteiger partial charge in [-0.1, -0.05) is 23.9 Å². The van der Waals surface area contributed by atoms with Crippen LogP contribution in [0.4, 0.5) is 5.69 Å².